The number of rotatable bonds is 1. The van der Waals surface area contributed by atoms with Gasteiger partial charge in [-0.2, -0.15) is 0 Å². The first-order valence-electron chi connectivity index (χ1n) is 4.12. The molecule has 1 saturated heterocycles. The van der Waals surface area contributed by atoms with E-state index in [2.05, 4.69) is 5.32 Å². The van der Waals surface area contributed by atoms with Crippen LogP contribution in [0.3, 0.4) is 0 Å². The molecule has 1 heterocycles. The van der Waals surface area contributed by atoms with Gasteiger partial charge in [-0.05, 0) is 25.3 Å². The Kier molecular flexibility index (Phi) is 2.96. The van der Waals surface area contributed by atoms with Crippen molar-refractivity contribution in [2.75, 3.05) is 13.7 Å². The Bertz CT molecular complexity index is 186. The molecule has 12 heavy (non-hydrogen) atoms. The van der Waals surface area contributed by atoms with Crippen LogP contribution < -0.4 is 5.32 Å². The molecule has 1 saturated carbocycles. The average molecular weight is 192 g/mol. The second-order valence-corrected chi connectivity index (χ2v) is 3.47. The Morgan fingerprint density at radius 1 is 1.50 bits per heavy atom. The number of hydrogen-bond acceptors (Lipinski definition) is 3. The standard InChI is InChI=1S/C8H13NO2.ClH/c1-11-8(10)7-3-6-2-5(7)4-9-6;/h5-7,9H,2-4H2,1H3;1H. The van der Waals surface area contributed by atoms with Gasteiger partial charge < -0.3 is 10.1 Å². The van der Waals surface area contributed by atoms with Crippen molar-refractivity contribution in [3.8, 4) is 0 Å². The molecule has 2 fully saturated rings. The molecule has 1 N–H and O–H groups in total. The third-order valence-electron chi connectivity index (χ3n) is 2.87. The normalized spacial score (nSPS) is 37.6. The molecular formula is C8H14ClNO2. The molecule has 0 aromatic rings. The van der Waals surface area contributed by atoms with E-state index in [-0.39, 0.29) is 24.3 Å². The minimum atomic E-state index is -0.0148. The van der Waals surface area contributed by atoms with Crippen molar-refractivity contribution in [2.24, 2.45) is 11.8 Å². The van der Waals surface area contributed by atoms with Crippen LogP contribution in [0.2, 0.25) is 0 Å². The van der Waals surface area contributed by atoms with E-state index in [4.69, 9.17) is 4.74 Å². The fraction of sp³-hybridized carbons (Fsp3) is 0.875. The van der Waals surface area contributed by atoms with Gasteiger partial charge in [0.2, 0.25) is 0 Å². The summed E-state index contributed by atoms with van der Waals surface area (Å²) in [5, 5.41) is 3.36. The predicted octanol–water partition coefficient (Wildman–Crippen LogP) is 0.579. The number of methoxy groups -OCH3 is 1. The van der Waals surface area contributed by atoms with E-state index < -0.39 is 0 Å². The van der Waals surface area contributed by atoms with E-state index in [0.29, 0.717) is 12.0 Å². The van der Waals surface area contributed by atoms with Crippen LogP contribution in [0.4, 0.5) is 0 Å². The summed E-state index contributed by atoms with van der Waals surface area (Å²) < 4.78 is 4.72. The van der Waals surface area contributed by atoms with Crippen molar-refractivity contribution < 1.29 is 9.53 Å². The Balaban J connectivity index is 0.000000720. The summed E-state index contributed by atoms with van der Waals surface area (Å²) in [6.07, 6.45) is 2.15. The zero-order valence-electron chi connectivity index (χ0n) is 7.08. The third kappa shape index (κ3) is 1.43. The molecule has 4 heteroatoms. The highest BCUT2D eigenvalue weighted by Gasteiger charge is 2.43. The summed E-state index contributed by atoms with van der Waals surface area (Å²) in [5.41, 5.74) is 0. The fourth-order valence-electron chi connectivity index (χ4n) is 2.28. The highest BCUT2D eigenvalue weighted by atomic mass is 35.5. The number of hydrogen-bond donors (Lipinski definition) is 1. The minimum Gasteiger partial charge on any atom is -0.469 e. The van der Waals surface area contributed by atoms with Crippen LogP contribution in [0, 0.1) is 11.8 Å². The lowest BCUT2D eigenvalue weighted by molar-refractivity contribution is -0.146. The van der Waals surface area contributed by atoms with Crippen LogP contribution in [-0.2, 0) is 9.53 Å². The maximum absolute atomic E-state index is 11.2. The molecule has 3 atom stereocenters. The van der Waals surface area contributed by atoms with Crippen molar-refractivity contribution in [3.05, 3.63) is 0 Å². The monoisotopic (exact) mass is 191 g/mol. The molecule has 1 aliphatic heterocycles. The van der Waals surface area contributed by atoms with Crippen LogP contribution in [0.25, 0.3) is 0 Å². The largest absolute Gasteiger partial charge is 0.469 e. The highest BCUT2D eigenvalue weighted by Crippen LogP contribution is 2.36. The molecule has 0 spiro atoms. The molecule has 2 aliphatic rings. The van der Waals surface area contributed by atoms with E-state index in [1.54, 1.807) is 0 Å². The molecule has 3 nitrogen and oxygen atoms in total. The molecule has 0 aromatic heterocycles. The van der Waals surface area contributed by atoms with Crippen LogP contribution in [-0.4, -0.2) is 25.7 Å². The second kappa shape index (κ2) is 3.62. The Hall–Kier alpha value is -0.280. The molecule has 3 unspecified atom stereocenters. The lowest BCUT2D eigenvalue weighted by Gasteiger charge is -2.19. The number of ether oxygens (including phenoxy) is 1. The first-order valence-corrected chi connectivity index (χ1v) is 4.12. The van der Waals surface area contributed by atoms with Gasteiger partial charge in [-0.25, -0.2) is 0 Å². The maximum atomic E-state index is 11.2. The van der Waals surface area contributed by atoms with Crippen molar-refractivity contribution in [2.45, 2.75) is 18.9 Å². The number of carbonyl (C=O) groups excluding carboxylic acids is 1. The number of fused-ring (bicyclic) bond motifs is 2. The van der Waals surface area contributed by atoms with E-state index in [0.717, 1.165) is 13.0 Å². The van der Waals surface area contributed by atoms with Gasteiger partial charge in [0, 0.05) is 6.04 Å². The molecule has 0 radical (unpaired) electrons. The van der Waals surface area contributed by atoms with Gasteiger partial charge >= 0.3 is 5.97 Å². The summed E-state index contributed by atoms with van der Waals surface area (Å²) >= 11 is 0. The summed E-state index contributed by atoms with van der Waals surface area (Å²) in [4.78, 5) is 11.2. The van der Waals surface area contributed by atoms with E-state index in [1.807, 2.05) is 0 Å². The van der Waals surface area contributed by atoms with Gasteiger partial charge in [-0.15, -0.1) is 12.4 Å². The first-order chi connectivity index (χ1) is 5.31. The number of carbonyl (C=O) groups is 1. The van der Waals surface area contributed by atoms with Gasteiger partial charge in [0.15, 0.2) is 0 Å². The van der Waals surface area contributed by atoms with Crippen LogP contribution in [0.1, 0.15) is 12.8 Å². The summed E-state index contributed by atoms with van der Waals surface area (Å²) in [6.45, 7) is 1.00. The maximum Gasteiger partial charge on any atom is 0.309 e. The molecule has 70 valence electrons. The first kappa shape index (κ1) is 9.81. The summed E-state index contributed by atoms with van der Waals surface area (Å²) in [6, 6.07) is 0.587. The average Bonchev–Trinajstić information content (AvgIpc) is 2.62. The molecule has 1 aliphatic carbocycles. The molecule has 2 bridgehead atoms. The van der Waals surface area contributed by atoms with Gasteiger partial charge in [0.05, 0.1) is 13.0 Å². The van der Waals surface area contributed by atoms with Crippen LogP contribution >= 0.6 is 12.4 Å². The zero-order valence-corrected chi connectivity index (χ0v) is 7.89. The topological polar surface area (TPSA) is 38.3 Å². The minimum absolute atomic E-state index is 0. The Morgan fingerprint density at radius 3 is 2.67 bits per heavy atom. The lowest BCUT2D eigenvalue weighted by atomic mass is 9.96. The number of piperidine rings is 1. The Morgan fingerprint density at radius 2 is 2.25 bits per heavy atom. The van der Waals surface area contributed by atoms with Gasteiger partial charge in [-0.3, -0.25) is 4.79 Å². The zero-order chi connectivity index (χ0) is 7.84. The van der Waals surface area contributed by atoms with Crippen molar-refractivity contribution >= 4 is 18.4 Å². The van der Waals surface area contributed by atoms with Crippen molar-refractivity contribution in [1.29, 1.82) is 0 Å². The number of nitrogens with one attached hydrogen (secondary N) is 1. The number of halogens is 1. The van der Waals surface area contributed by atoms with E-state index >= 15 is 0 Å². The van der Waals surface area contributed by atoms with Crippen LogP contribution in [0.15, 0.2) is 0 Å². The number of esters is 1. The lowest BCUT2D eigenvalue weighted by Crippen LogP contribution is -2.33. The second-order valence-electron chi connectivity index (χ2n) is 3.47. The SMILES string of the molecule is COC(=O)C1CC2CC1CN2.Cl. The summed E-state index contributed by atoms with van der Waals surface area (Å²) in [7, 11) is 1.47. The third-order valence-corrected chi connectivity index (χ3v) is 2.87. The van der Waals surface area contributed by atoms with Crippen molar-refractivity contribution in [3.63, 3.8) is 0 Å². The van der Waals surface area contributed by atoms with E-state index in [1.165, 1.54) is 13.5 Å². The van der Waals surface area contributed by atoms with Gasteiger partial charge in [0.1, 0.15) is 0 Å². The van der Waals surface area contributed by atoms with Gasteiger partial charge in [0.25, 0.3) is 0 Å². The van der Waals surface area contributed by atoms with Crippen LogP contribution in [0.5, 0.6) is 0 Å². The molecule has 0 aromatic carbocycles. The molecular weight excluding hydrogens is 178 g/mol. The van der Waals surface area contributed by atoms with Gasteiger partial charge in [-0.1, -0.05) is 0 Å². The van der Waals surface area contributed by atoms with E-state index in [9.17, 15) is 4.79 Å². The quantitative estimate of drug-likeness (QED) is 0.617. The fourth-order valence-corrected chi connectivity index (χ4v) is 2.28. The van der Waals surface area contributed by atoms with Crippen molar-refractivity contribution in [1.82, 2.24) is 5.32 Å². The predicted molar refractivity (Wildman–Crippen MR) is 47.3 cm³/mol. The molecule has 0 amide bonds. The molecule has 2 rings (SSSR count). The highest BCUT2D eigenvalue weighted by molar-refractivity contribution is 5.85. The summed E-state index contributed by atoms with van der Waals surface area (Å²) in [5.74, 6) is 0.720. The Labute approximate surface area is 78.3 Å². The smallest absolute Gasteiger partial charge is 0.309 e.